The van der Waals surface area contributed by atoms with Crippen molar-refractivity contribution in [1.82, 2.24) is 9.80 Å². The summed E-state index contributed by atoms with van der Waals surface area (Å²) in [6.07, 6.45) is 2.32. The Kier molecular flexibility index (Phi) is 4.80. The van der Waals surface area contributed by atoms with Gasteiger partial charge in [0.2, 0.25) is 11.8 Å². The minimum Gasteiger partial charge on any atom is -0.341 e. The number of rotatable bonds is 3. The molecule has 0 aliphatic carbocycles. The molecule has 0 bridgehead atoms. The van der Waals surface area contributed by atoms with Crippen LogP contribution in [0.3, 0.4) is 0 Å². The molecule has 4 nitrogen and oxygen atoms in total. The van der Waals surface area contributed by atoms with Gasteiger partial charge in [0, 0.05) is 32.1 Å². The Hall–Kier alpha value is -1.98. The molecule has 1 atom stereocenters. The fourth-order valence-electron chi connectivity index (χ4n) is 3.97. The van der Waals surface area contributed by atoms with Crippen molar-refractivity contribution in [3.63, 3.8) is 0 Å². The molecule has 1 aromatic carbocycles. The maximum absolute atomic E-state index is 13.4. The van der Waals surface area contributed by atoms with E-state index in [1.165, 1.54) is 6.07 Å². The van der Waals surface area contributed by atoms with Crippen molar-refractivity contribution in [1.29, 1.82) is 0 Å². The van der Waals surface area contributed by atoms with E-state index in [1.54, 1.807) is 9.80 Å². The molecule has 2 heterocycles. The Morgan fingerprint density at radius 3 is 2.64 bits per heavy atom. The van der Waals surface area contributed by atoms with Crippen LogP contribution >= 0.6 is 0 Å². The first-order valence-electron chi connectivity index (χ1n) is 8.84. The summed E-state index contributed by atoms with van der Waals surface area (Å²) in [6.45, 7) is 5.70. The zero-order valence-corrected chi connectivity index (χ0v) is 14.7. The van der Waals surface area contributed by atoms with Crippen LogP contribution in [0.1, 0.15) is 38.7 Å². The number of hydrogen-bond donors (Lipinski definition) is 0. The molecule has 0 N–H and O–H groups in total. The molecule has 2 saturated heterocycles. The third-order valence-electron chi connectivity index (χ3n) is 5.34. The molecule has 1 spiro atoms. The molecule has 0 aromatic heterocycles. The van der Waals surface area contributed by atoms with Gasteiger partial charge in [0.25, 0.3) is 0 Å². The standard InChI is InChI=1S/C19H24F2N2O2/c1-13(2)17(24)23-9-7-19(12-23)6-3-8-22(18(19)25)11-14-4-5-15(20)16(21)10-14/h4-5,10,13H,3,6-9,11-12H2,1-2H3/t19-/m0/s1. The largest absolute Gasteiger partial charge is 0.341 e. The number of hydrogen-bond acceptors (Lipinski definition) is 2. The second kappa shape index (κ2) is 6.73. The summed E-state index contributed by atoms with van der Waals surface area (Å²) in [5, 5.41) is 0. The van der Waals surface area contributed by atoms with E-state index < -0.39 is 17.0 Å². The summed E-state index contributed by atoms with van der Waals surface area (Å²) in [4.78, 5) is 28.8. The second-order valence-electron chi connectivity index (χ2n) is 7.52. The van der Waals surface area contributed by atoms with Crippen molar-refractivity contribution in [3.05, 3.63) is 35.4 Å². The predicted octanol–water partition coefficient (Wildman–Crippen LogP) is 2.96. The molecule has 2 aliphatic heterocycles. The highest BCUT2D eigenvalue weighted by atomic mass is 19.2. The molecule has 2 fully saturated rings. The van der Waals surface area contributed by atoms with E-state index in [4.69, 9.17) is 0 Å². The van der Waals surface area contributed by atoms with Gasteiger partial charge in [-0.15, -0.1) is 0 Å². The third-order valence-corrected chi connectivity index (χ3v) is 5.34. The summed E-state index contributed by atoms with van der Waals surface area (Å²) in [7, 11) is 0. The van der Waals surface area contributed by atoms with E-state index in [-0.39, 0.29) is 24.3 Å². The van der Waals surface area contributed by atoms with Gasteiger partial charge in [0.05, 0.1) is 5.41 Å². The van der Waals surface area contributed by atoms with Gasteiger partial charge in [-0.05, 0) is 37.0 Å². The number of carbonyl (C=O) groups excluding carboxylic acids is 2. The maximum Gasteiger partial charge on any atom is 0.230 e. The number of halogens is 2. The summed E-state index contributed by atoms with van der Waals surface area (Å²) in [5.74, 6) is -1.74. The highest BCUT2D eigenvalue weighted by molar-refractivity contribution is 5.86. The smallest absolute Gasteiger partial charge is 0.230 e. The highest BCUT2D eigenvalue weighted by Crippen LogP contribution is 2.40. The van der Waals surface area contributed by atoms with Gasteiger partial charge in [-0.2, -0.15) is 0 Å². The Labute approximate surface area is 146 Å². The molecule has 0 unspecified atom stereocenters. The molecular formula is C19H24F2N2O2. The van der Waals surface area contributed by atoms with E-state index >= 15 is 0 Å². The van der Waals surface area contributed by atoms with Crippen molar-refractivity contribution < 1.29 is 18.4 Å². The molecule has 3 rings (SSSR count). The molecule has 136 valence electrons. The molecule has 1 aromatic rings. The van der Waals surface area contributed by atoms with Crippen molar-refractivity contribution in [2.75, 3.05) is 19.6 Å². The average molecular weight is 350 g/mol. The molecule has 25 heavy (non-hydrogen) atoms. The SMILES string of the molecule is CC(C)C(=O)N1CC[C@@]2(CCCN(Cc3ccc(F)c(F)c3)C2=O)C1. The van der Waals surface area contributed by atoms with E-state index in [2.05, 4.69) is 0 Å². The lowest BCUT2D eigenvalue weighted by Crippen LogP contribution is -2.50. The summed E-state index contributed by atoms with van der Waals surface area (Å²) in [5.41, 5.74) is 0.0684. The quantitative estimate of drug-likeness (QED) is 0.841. The van der Waals surface area contributed by atoms with E-state index in [9.17, 15) is 18.4 Å². The normalized spacial score (nSPS) is 23.8. The van der Waals surface area contributed by atoms with Gasteiger partial charge >= 0.3 is 0 Å². The summed E-state index contributed by atoms with van der Waals surface area (Å²) < 4.78 is 26.5. The van der Waals surface area contributed by atoms with Crippen molar-refractivity contribution in [2.24, 2.45) is 11.3 Å². The van der Waals surface area contributed by atoms with Crippen LogP contribution in [0.5, 0.6) is 0 Å². The van der Waals surface area contributed by atoms with Crippen molar-refractivity contribution in [2.45, 2.75) is 39.7 Å². The lowest BCUT2D eigenvalue weighted by Gasteiger charge is -2.39. The zero-order chi connectivity index (χ0) is 18.2. The number of carbonyl (C=O) groups is 2. The Balaban J connectivity index is 1.73. The minimum absolute atomic E-state index is 0.0301. The van der Waals surface area contributed by atoms with Crippen LogP contribution < -0.4 is 0 Å². The van der Waals surface area contributed by atoms with Crippen LogP contribution in [0.2, 0.25) is 0 Å². The first kappa shape index (κ1) is 17.8. The lowest BCUT2D eigenvalue weighted by molar-refractivity contribution is -0.147. The molecule has 6 heteroatoms. The topological polar surface area (TPSA) is 40.6 Å². The zero-order valence-electron chi connectivity index (χ0n) is 14.7. The minimum atomic E-state index is -0.897. The van der Waals surface area contributed by atoms with Crippen LogP contribution in [0.15, 0.2) is 18.2 Å². The van der Waals surface area contributed by atoms with Crippen LogP contribution in [0.25, 0.3) is 0 Å². The Bertz CT molecular complexity index is 692. The van der Waals surface area contributed by atoms with Crippen LogP contribution in [0.4, 0.5) is 8.78 Å². The summed E-state index contributed by atoms with van der Waals surface area (Å²) >= 11 is 0. The van der Waals surface area contributed by atoms with Gasteiger partial charge < -0.3 is 9.80 Å². The fraction of sp³-hybridized carbons (Fsp3) is 0.579. The Morgan fingerprint density at radius 2 is 1.96 bits per heavy atom. The number of likely N-dealkylation sites (tertiary alicyclic amines) is 2. The van der Waals surface area contributed by atoms with Gasteiger partial charge in [-0.25, -0.2) is 8.78 Å². The van der Waals surface area contributed by atoms with Gasteiger partial charge in [-0.1, -0.05) is 19.9 Å². The first-order chi connectivity index (χ1) is 11.8. The molecule has 0 radical (unpaired) electrons. The molecule has 0 saturated carbocycles. The molecular weight excluding hydrogens is 326 g/mol. The highest BCUT2D eigenvalue weighted by Gasteiger charge is 2.49. The van der Waals surface area contributed by atoms with Crippen LogP contribution in [0, 0.1) is 23.0 Å². The number of piperidine rings is 1. The van der Waals surface area contributed by atoms with E-state index in [1.807, 2.05) is 13.8 Å². The molecule has 2 aliphatic rings. The first-order valence-corrected chi connectivity index (χ1v) is 8.84. The third kappa shape index (κ3) is 3.39. The predicted molar refractivity (Wildman–Crippen MR) is 89.5 cm³/mol. The number of amides is 2. The maximum atomic E-state index is 13.4. The van der Waals surface area contributed by atoms with Crippen molar-refractivity contribution in [3.8, 4) is 0 Å². The molecule has 2 amide bonds. The van der Waals surface area contributed by atoms with Crippen LogP contribution in [-0.4, -0.2) is 41.2 Å². The average Bonchev–Trinajstić information content (AvgIpc) is 2.99. The van der Waals surface area contributed by atoms with Gasteiger partial charge in [-0.3, -0.25) is 9.59 Å². The number of nitrogens with zero attached hydrogens (tertiary/aromatic N) is 2. The fourth-order valence-corrected chi connectivity index (χ4v) is 3.97. The van der Waals surface area contributed by atoms with Gasteiger partial charge in [0.15, 0.2) is 11.6 Å². The van der Waals surface area contributed by atoms with E-state index in [0.29, 0.717) is 31.6 Å². The second-order valence-corrected chi connectivity index (χ2v) is 7.52. The Morgan fingerprint density at radius 1 is 1.20 bits per heavy atom. The van der Waals surface area contributed by atoms with Crippen LogP contribution in [-0.2, 0) is 16.1 Å². The lowest BCUT2D eigenvalue weighted by atomic mass is 9.78. The van der Waals surface area contributed by atoms with Crippen molar-refractivity contribution >= 4 is 11.8 Å². The van der Waals surface area contributed by atoms with Gasteiger partial charge in [0.1, 0.15) is 0 Å². The number of benzene rings is 1. The van der Waals surface area contributed by atoms with E-state index in [0.717, 1.165) is 25.0 Å². The monoisotopic (exact) mass is 350 g/mol. The summed E-state index contributed by atoms with van der Waals surface area (Å²) in [6, 6.07) is 3.75.